The predicted molar refractivity (Wildman–Crippen MR) is 46.4 cm³/mol. The minimum Gasteiger partial charge on any atom is -0.381 e. The number of ether oxygens (including phenoxy) is 1. The summed E-state index contributed by atoms with van der Waals surface area (Å²) >= 11 is 0. The molecule has 1 aliphatic heterocycles. The summed E-state index contributed by atoms with van der Waals surface area (Å²) in [5.74, 6) is 1.53. The average molecular weight is 177 g/mol. The first-order valence-corrected chi connectivity index (χ1v) is 4.63. The number of hydrogen-bond acceptors (Lipinski definition) is 2. The third-order valence-corrected chi connectivity index (χ3v) is 3.12. The molecule has 1 N–H and O–H groups in total. The van der Waals surface area contributed by atoms with Crippen LogP contribution in [0.4, 0.5) is 0 Å². The minimum atomic E-state index is 0.243. The Labute approximate surface area is 76.1 Å². The molecule has 2 atom stereocenters. The number of hydrogen-bond donors (Lipinski definition) is 1. The fraction of sp³-hybridized carbons (Fsp3) is 0.500. The number of H-pyrrole nitrogens is 1. The van der Waals surface area contributed by atoms with Crippen molar-refractivity contribution in [1.29, 1.82) is 0 Å². The highest BCUT2D eigenvalue weighted by Crippen LogP contribution is 2.51. The van der Waals surface area contributed by atoms with E-state index in [1.807, 2.05) is 12.1 Å². The molecule has 1 saturated carbocycles. The number of nitrogens with one attached hydrogen (secondary N) is 1. The van der Waals surface area contributed by atoms with Crippen LogP contribution in [0, 0.1) is 17.8 Å². The molecule has 0 amide bonds. The summed E-state index contributed by atoms with van der Waals surface area (Å²) in [5, 5.41) is 0. The van der Waals surface area contributed by atoms with Gasteiger partial charge in [-0.25, -0.2) is 0 Å². The Morgan fingerprint density at radius 1 is 1.46 bits per heavy atom. The van der Waals surface area contributed by atoms with E-state index in [4.69, 9.17) is 4.74 Å². The smallest absolute Gasteiger partial charge is 0.182 e. The molecule has 0 spiro atoms. The van der Waals surface area contributed by atoms with Gasteiger partial charge in [-0.1, -0.05) is 0 Å². The Bertz CT molecular complexity index is 321. The Morgan fingerprint density at radius 3 is 2.85 bits per heavy atom. The fourth-order valence-corrected chi connectivity index (χ4v) is 2.29. The molecule has 3 heteroatoms. The number of carbonyl (C=O) groups is 1. The molecule has 1 saturated heterocycles. The van der Waals surface area contributed by atoms with E-state index in [1.165, 1.54) is 0 Å². The molecule has 0 radical (unpaired) electrons. The molecular formula is C10H11NO2. The van der Waals surface area contributed by atoms with Crippen LogP contribution in [0.25, 0.3) is 0 Å². The van der Waals surface area contributed by atoms with E-state index in [0.717, 1.165) is 18.9 Å². The van der Waals surface area contributed by atoms with Crippen molar-refractivity contribution >= 4 is 5.78 Å². The van der Waals surface area contributed by atoms with Gasteiger partial charge in [-0.05, 0) is 24.0 Å². The van der Waals surface area contributed by atoms with Crippen LogP contribution in [0.15, 0.2) is 18.3 Å². The molecule has 2 heterocycles. The number of carbonyl (C=O) groups excluding carboxylic acids is 1. The summed E-state index contributed by atoms with van der Waals surface area (Å²) in [6.45, 7) is 1.56. The van der Waals surface area contributed by atoms with E-state index in [-0.39, 0.29) is 11.7 Å². The van der Waals surface area contributed by atoms with Crippen molar-refractivity contribution < 1.29 is 9.53 Å². The third-order valence-electron chi connectivity index (χ3n) is 3.12. The Kier molecular flexibility index (Phi) is 1.38. The summed E-state index contributed by atoms with van der Waals surface area (Å²) < 4.78 is 5.24. The molecule has 0 bridgehead atoms. The molecule has 1 aliphatic carbocycles. The van der Waals surface area contributed by atoms with Gasteiger partial charge in [0.1, 0.15) is 0 Å². The molecule has 2 aliphatic rings. The maximum absolute atomic E-state index is 11.8. The van der Waals surface area contributed by atoms with Crippen molar-refractivity contribution in [2.24, 2.45) is 17.8 Å². The first-order chi connectivity index (χ1) is 6.38. The van der Waals surface area contributed by atoms with Gasteiger partial charge in [0, 0.05) is 12.1 Å². The van der Waals surface area contributed by atoms with Crippen molar-refractivity contribution in [3.63, 3.8) is 0 Å². The van der Waals surface area contributed by atoms with Crippen molar-refractivity contribution in [2.75, 3.05) is 13.2 Å². The molecule has 0 aromatic carbocycles. The number of ketones is 1. The Morgan fingerprint density at radius 2 is 2.23 bits per heavy atom. The number of Topliss-reactive ketones (excluding diaryl/α,β-unsaturated/α-hetero) is 1. The lowest BCUT2D eigenvalue weighted by Gasteiger charge is -2.00. The van der Waals surface area contributed by atoms with Gasteiger partial charge in [-0.15, -0.1) is 0 Å². The number of rotatable bonds is 2. The van der Waals surface area contributed by atoms with Crippen molar-refractivity contribution in [2.45, 2.75) is 0 Å². The van der Waals surface area contributed by atoms with Crippen molar-refractivity contribution in [3.8, 4) is 0 Å². The van der Waals surface area contributed by atoms with Crippen LogP contribution in [0.1, 0.15) is 10.5 Å². The SMILES string of the molecule is O=C(c1ccc[nH]1)C1C2COCC21. The van der Waals surface area contributed by atoms with E-state index >= 15 is 0 Å². The second kappa shape index (κ2) is 2.45. The van der Waals surface area contributed by atoms with E-state index < -0.39 is 0 Å². The third kappa shape index (κ3) is 0.968. The zero-order valence-corrected chi connectivity index (χ0v) is 7.19. The molecule has 2 unspecified atom stereocenters. The zero-order chi connectivity index (χ0) is 8.84. The van der Waals surface area contributed by atoms with Gasteiger partial charge in [-0.2, -0.15) is 0 Å². The standard InChI is InChI=1S/C10H11NO2/c12-10(8-2-1-3-11-8)9-6-4-13-5-7(6)9/h1-3,6-7,9,11H,4-5H2. The Hall–Kier alpha value is -1.09. The van der Waals surface area contributed by atoms with E-state index in [0.29, 0.717) is 11.8 Å². The largest absolute Gasteiger partial charge is 0.381 e. The van der Waals surface area contributed by atoms with Gasteiger partial charge in [-0.3, -0.25) is 4.79 Å². The highest BCUT2D eigenvalue weighted by Gasteiger charge is 2.57. The lowest BCUT2D eigenvalue weighted by Crippen LogP contribution is -2.10. The number of aromatic nitrogens is 1. The molecule has 3 nitrogen and oxygen atoms in total. The fourth-order valence-electron chi connectivity index (χ4n) is 2.29. The van der Waals surface area contributed by atoms with Crippen molar-refractivity contribution in [3.05, 3.63) is 24.0 Å². The van der Waals surface area contributed by atoms with Gasteiger partial charge in [0.2, 0.25) is 0 Å². The maximum atomic E-state index is 11.8. The van der Waals surface area contributed by atoms with Gasteiger partial charge in [0.25, 0.3) is 0 Å². The monoisotopic (exact) mass is 177 g/mol. The van der Waals surface area contributed by atoms with Crippen LogP contribution in [0.2, 0.25) is 0 Å². The lowest BCUT2D eigenvalue weighted by molar-refractivity contribution is 0.0889. The normalized spacial score (nSPS) is 35.8. The van der Waals surface area contributed by atoms with Crippen molar-refractivity contribution in [1.82, 2.24) is 4.98 Å². The van der Waals surface area contributed by atoms with Gasteiger partial charge >= 0.3 is 0 Å². The summed E-state index contributed by atoms with van der Waals surface area (Å²) in [4.78, 5) is 14.8. The summed E-state index contributed by atoms with van der Waals surface area (Å²) in [7, 11) is 0. The minimum absolute atomic E-state index is 0.243. The average Bonchev–Trinajstić information content (AvgIpc) is 2.68. The molecule has 68 valence electrons. The molecule has 1 aromatic heterocycles. The number of fused-ring (bicyclic) bond motifs is 1. The molecule has 1 aromatic rings. The van der Waals surface area contributed by atoms with Crippen LogP contribution in [0.3, 0.4) is 0 Å². The predicted octanol–water partition coefficient (Wildman–Crippen LogP) is 1.09. The van der Waals surface area contributed by atoms with Crippen LogP contribution >= 0.6 is 0 Å². The molecule has 13 heavy (non-hydrogen) atoms. The van der Waals surface area contributed by atoms with E-state index in [2.05, 4.69) is 4.98 Å². The Balaban J connectivity index is 1.78. The highest BCUT2D eigenvalue weighted by molar-refractivity contribution is 5.98. The van der Waals surface area contributed by atoms with Gasteiger partial charge < -0.3 is 9.72 Å². The van der Waals surface area contributed by atoms with Crippen LogP contribution < -0.4 is 0 Å². The summed E-state index contributed by atoms with van der Waals surface area (Å²) in [6.07, 6.45) is 1.79. The van der Waals surface area contributed by atoms with E-state index in [9.17, 15) is 4.79 Å². The van der Waals surface area contributed by atoms with Crippen LogP contribution in [0.5, 0.6) is 0 Å². The first kappa shape index (κ1) is 7.33. The highest BCUT2D eigenvalue weighted by atomic mass is 16.5. The van der Waals surface area contributed by atoms with Gasteiger partial charge in [0.15, 0.2) is 5.78 Å². The second-order valence-electron chi connectivity index (χ2n) is 3.84. The van der Waals surface area contributed by atoms with Crippen LogP contribution in [-0.2, 0) is 4.74 Å². The topological polar surface area (TPSA) is 42.1 Å². The van der Waals surface area contributed by atoms with E-state index in [1.54, 1.807) is 6.20 Å². The van der Waals surface area contributed by atoms with Crippen LogP contribution in [-0.4, -0.2) is 24.0 Å². The number of aromatic amines is 1. The molecule has 3 rings (SSSR count). The molecular weight excluding hydrogens is 166 g/mol. The summed E-state index contributed by atoms with van der Waals surface area (Å²) in [6, 6.07) is 3.71. The zero-order valence-electron chi connectivity index (χ0n) is 7.19. The molecule has 2 fully saturated rings. The van der Waals surface area contributed by atoms with Gasteiger partial charge in [0.05, 0.1) is 18.9 Å². The quantitative estimate of drug-likeness (QED) is 0.687. The first-order valence-electron chi connectivity index (χ1n) is 4.63. The maximum Gasteiger partial charge on any atom is 0.182 e. The lowest BCUT2D eigenvalue weighted by atomic mass is 10.1. The second-order valence-corrected chi connectivity index (χ2v) is 3.84. The summed E-state index contributed by atoms with van der Waals surface area (Å²) in [5.41, 5.74) is 0.749.